The first-order valence-electron chi connectivity index (χ1n) is 10.3. The Hall–Kier alpha value is -4.39. The normalized spacial score (nSPS) is 10.9. The minimum atomic E-state index is -0.498. The molecular formula is C22H21FN8O3S. The molecule has 0 aliphatic rings. The van der Waals surface area contributed by atoms with Crippen LogP contribution < -0.4 is 20.2 Å². The Morgan fingerprint density at radius 3 is 2.94 bits per heavy atom. The molecule has 0 saturated heterocycles. The molecule has 180 valence electrons. The zero-order valence-electron chi connectivity index (χ0n) is 18.5. The van der Waals surface area contributed by atoms with E-state index in [0.29, 0.717) is 22.6 Å². The number of methoxy groups -OCH3 is 1. The Balaban J connectivity index is 1.26. The van der Waals surface area contributed by atoms with E-state index in [2.05, 4.69) is 36.1 Å². The zero-order valence-corrected chi connectivity index (χ0v) is 19.3. The molecule has 35 heavy (non-hydrogen) atoms. The Morgan fingerprint density at radius 1 is 1.26 bits per heavy atom. The van der Waals surface area contributed by atoms with Gasteiger partial charge in [-0.3, -0.25) is 4.79 Å². The van der Waals surface area contributed by atoms with Gasteiger partial charge in [0.15, 0.2) is 18.2 Å². The number of aromatic amines is 1. The second-order valence-electron chi connectivity index (χ2n) is 6.88. The Bertz CT molecular complexity index is 1300. The van der Waals surface area contributed by atoms with Crippen molar-refractivity contribution in [2.45, 2.75) is 11.9 Å². The number of carbonyl (C=O) groups is 1. The van der Waals surface area contributed by atoms with E-state index >= 15 is 0 Å². The fraction of sp³-hybridized carbons (Fsp3) is 0.136. The molecule has 4 aromatic rings. The van der Waals surface area contributed by atoms with Crippen LogP contribution >= 0.6 is 11.8 Å². The lowest BCUT2D eigenvalue weighted by Crippen LogP contribution is -2.15. The van der Waals surface area contributed by atoms with Crippen LogP contribution in [0, 0.1) is 5.82 Å². The third kappa shape index (κ3) is 6.80. The highest BCUT2D eigenvalue weighted by molar-refractivity contribution is 7.99. The molecule has 2 heterocycles. The van der Waals surface area contributed by atoms with Gasteiger partial charge in [0.1, 0.15) is 5.82 Å². The molecule has 4 rings (SSSR count). The van der Waals surface area contributed by atoms with E-state index in [4.69, 9.17) is 9.47 Å². The maximum Gasteiger partial charge on any atom is 0.240 e. The summed E-state index contributed by atoms with van der Waals surface area (Å²) in [5, 5.41) is 17.8. The van der Waals surface area contributed by atoms with Gasteiger partial charge in [-0.1, -0.05) is 23.9 Å². The third-order valence-electron chi connectivity index (χ3n) is 4.43. The number of hydrogen-bond acceptors (Lipinski definition) is 9. The first-order valence-corrected chi connectivity index (χ1v) is 11.3. The van der Waals surface area contributed by atoms with Gasteiger partial charge in [-0.25, -0.2) is 19.6 Å². The topological polar surface area (TPSA) is 131 Å². The van der Waals surface area contributed by atoms with Gasteiger partial charge in [0.2, 0.25) is 17.0 Å². The number of nitrogens with zero attached hydrogens (tertiary/aromatic N) is 5. The second-order valence-corrected chi connectivity index (χ2v) is 7.83. The summed E-state index contributed by atoms with van der Waals surface area (Å²) in [6.45, 7) is 0.259. The Morgan fingerprint density at radius 2 is 2.14 bits per heavy atom. The first kappa shape index (κ1) is 23.8. The van der Waals surface area contributed by atoms with Gasteiger partial charge in [-0.15, -0.1) is 5.10 Å². The number of amides is 1. The van der Waals surface area contributed by atoms with E-state index in [0.717, 1.165) is 17.3 Å². The van der Waals surface area contributed by atoms with Crippen molar-refractivity contribution in [2.24, 2.45) is 5.10 Å². The van der Waals surface area contributed by atoms with Crippen LogP contribution in [0.25, 0.3) is 0 Å². The molecule has 0 spiro atoms. The van der Waals surface area contributed by atoms with Crippen LogP contribution in [0.4, 0.5) is 16.0 Å². The summed E-state index contributed by atoms with van der Waals surface area (Å²) >= 11 is 1.10. The molecule has 0 fully saturated rings. The van der Waals surface area contributed by atoms with Gasteiger partial charge in [-0.05, 0) is 42.0 Å². The number of H-pyrrole nitrogens is 1. The van der Waals surface area contributed by atoms with Crippen LogP contribution in [-0.2, 0) is 11.5 Å². The molecule has 0 bridgehead atoms. The van der Waals surface area contributed by atoms with Gasteiger partial charge >= 0.3 is 0 Å². The van der Waals surface area contributed by atoms with Gasteiger partial charge in [0.25, 0.3) is 0 Å². The quantitative estimate of drug-likeness (QED) is 0.164. The Kier molecular flexibility index (Phi) is 7.91. The highest BCUT2D eigenvalue weighted by Crippen LogP contribution is 2.28. The molecule has 13 heteroatoms. The number of aromatic nitrogens is 5. The van der Waals surface area contributed by atoms with Crippen LogP contribution in [0.3, 0.4) is 0 Å². The van der Waals surface area contributed by atoms with Crippen molar-refractivity contribution < 1.29 is 18.7 Å². The van der Waals surface area contributed by atoms with Crippen molar-refractivity contribution in [3.8, 4) is 11.5 Å². The molecule has 11 nitrogen and oxygen atoms in total. The number of hydrogen-bond donors (Lipinski definition) is 3. The van der Waals surface area contributed by atoms with E-state index in [1.165, 1.54) is 12.1 Å². The van der Waals surface area contributed by atoms with Crippen LogP contribution in [0.2, 0.25) is 0 Å². The van der Waals surface area contributed by atoms with Crippen LogP contribution in [-0.4, -0.2) is 49.9 Å². The van der Waals surface area contributed by atoms with Crippen molar-refractivity contribution in [2.75, 3.05) is 23.6 Å². The SMILES string of the molecule is COc1cc(/C=N\Nc2nc(SCC(=O)Nc3ccccc3F)n[nH]2)ccc1OCn1cccn1. The molecule has 2 aromatic heterocycles. The molecule has 2 aromatic carbocycles. The number of carbonyl (C=O) groups excluding carboxylic acids is 1. The van der Waals surface area contributed by atoms with E-state index < -0.39 is 5.82 Å². The van der Waals surface area contributed by atoms with E-state index in [9.17, 15) is 9.18 Å². The lowest BCUT2D eigenvalue weighted by atomic mass is 10.2. The summed E-state index contributed by atoms with van der Waals surface area (Å²) in [4.78, 5) is 16.2. The summed E-state index contributed by atoms with van der Waals surface area (Å²) < 4.78 is 26.4. The summed E-state index contributed by atoms with van der Waals surface area (Å²) in [5.74, 6) is 0.566. The summed E-state index contributed by atoms with van der Waals surface area (Å²) in [6, 6.07) is 13.1. The van der Waals surface area contributed by atoms with Crippen LogP contribution in [0.1, 0.15) is 5.56 Å². The number of halogens is 1. The maximum absolute atomic E-state index is 13.6. The highest BCUT2D eigenvalue weighted by Gasteiger charge is 2.10. The molecule has 3 N–H and O–H groups in total. The maximum atomic E-state index is 13.6. The van der Waals surface area contributed by atoms with Crippen molar-refractivity contribution in [1.82, 2.24) is 25.0 Å². The summed E-state index contributed by atoms with van der Waals surface area (Å²) in [5.41, 5.74) is 3.63. The number of hydrazone groups is 1. The van der Waals surface area contributed by atoms with Crippen molar-refractivity contribution >= 4 is 35.5 Å². The fourth-order valence-corrected chi connectivity index (χ4v) is 3.40. The number of thioether (sulfide) groups is 1. The predicted molar refractivity (Wildman–Crippen MR) is 129 cm³/mol. The van der Waals surface area contributed by atoms with Crippen LogP contribution in [0.5, 0.6) is 11.5 Å². The van der Waals surface area contributed by atoms with Gasteiger partial charge in [-0.2, -0.15) is 15.2 Å². The fourth-order valence-electron chi connectivity index (χ4n) is 2.80. The highest BCUT2D eigenvalue weighted by atomic mass is 32.2. The number of ether oxygens (including phenoxy) is 2. The molecular weight excluding hydrogens is 475 g/mol. The number of rotatable bonds is 11. The van der Waals surface area contributed by atoms with Gasteiger partial charge in [0.05, 0.1) is 24.8 Å². The van der Waals surface area contributed by atoms with Gasteiger partial charge in [0, 0.05) is 12.4 Å². The van der Waals surface area contributed by atoms with Gasteiger partial charge < -0.3 is 14.8 Å². The number of benzene rings is 2. The van der Waals surface area contributed by atoms with E-state index in [1.54, 1.807) is 54.7 Å². The Labute approximate surface area is 203 Å². The molecule has 0 atom stereocenters. The van der Waals surface area contributed by atoms with Crippen molar-refractivity contribution in [3.63, 3.8) is 0 Å². The summed E-state index contributed by atoms with van der Waals surface area (Å²) in [7, 11) is 1.56. The minimum absolute atomic E-state index is 0.0174. The second kappa shape index (κ2) is 11.7. The predicted octanol–water partition coefficient (Wildman–Crippen LogP) is 3.36. The smallest absolute Gasteiger partial charge is 0.240 e. The lowest BCUT2D eigenvalue weighted by molar-refractivity contribution is -0.113. The third-order valence-corrected chi connectivity index (χ3v) is 5.28. The molecule has 1 amide bonds. The standard InChI is InChI=1S/C22H21FN8O3S/c1-33-19-11-15(7-8-18(19)34-14-31-10-4-9-25-31)12-24-28-21-27-22(30-29-21)35-13-20(32)26-17-6-3-2-5-16(17)23/h2-12H,13-14H2,1H3,(H,26,32)(H2,27,28,29,30)/b24-12-. The zero-order chi connectivity index (χ0) is 24.5. The van der Waals surface area contributed by atoms with Crippen LogP contribution in [0.15, 0.2) is 71.2 Å². The average molecular weight is 497 g/mol. The largest absolute Gasteiger partial charge is 0.493 e. The molecule has 0 aliphatic carbocycles. The minimum Gasteiger partial charge on any atom is -0.493 e. The monoisotopic (exact) mass is 496 g/mol. The van der Waals surface area contributed by atoms with Crippen molar-refractivity contribution in [3.05, 3.63) is 72.3 Å². The first-order chi connectivity index (χ1) is 17.1. The molecule has 0 unspecified atom stereocenters. The van der Waals surface area contributed by atoms with Crippen molar-refractivity contribution in [1.29, 1.82) is 0 Å². The van der Waals surface area contributed by atoms with E-state index in [1.807, 2.05) is 12.1 Å². The lowest BCUT2D eigenvalue weighted by Gasteiger charge is -2.11. The molecule has 0 aliphatic heterocycles. The van der Waals surface area contributed by atoms with E-state index in [-0.39, 0.29) is 24.1 Å². The number of anilines is 2. The molecule has 0 radical (unpaired) electrons. The molecule has 0 saturated carbocycles. The number of para-hydroxylation sites is 1. The summed E-state index contributed by atoms with van der Waals surface area (Å²) in [6.07, 6.45) is 5.05. The number of nitrogens with one attached hydrogen (secondary N) is 3. The average Bonchev–Trinajstić information content (AvgIpc) is 3.55.